The number of nitrogens with zero attached hydrogens (tertiary/aromatic N) is 3. The second-order valence-electron chi connectivity index (χ2n) is 8.49. The highest BCUT2D eigenvalue weighted by atomic mass is 127. The average Bonchev–Trinajstić information content (AvgIpc) is 3.16. The Labute approximate surface area is 198 Å². The molecule has 0 aliphatic carbocycles. The fraction of sp³-hybridized carbons (Fsp3) is 0.652. The molecule has 2 fully saturated rings. The molecule has 0 aromatic heterocycles. The maximum atomic E-state index is 11.9. The first kappa shape index (κ1) is 24.9. The van der Waals surface area contributed by atoms with Gasteiger partial charge in [-0.25, -0.2) is 4.99 Å². The highest BCUT2D eigenvalue weighted by Crippen LogP contribution is 2.22. The van der Waals surface area contributed by atoms with Crippen molar-refractivity contribution < 1.29 is 4.79 Å². The van der Waals surface area contributed by atoms with Gasteiger partial charge in [0.1, 0.15) is 0 Å². The van der Waals surface area contributed by atoms with E-state index in [9.17, 15) is 4.79 Å². The molecular weight excluding hydrogens is 489 g/mol. The summed E-state index contributed by atoms with van der Waals surface area (Å²) in [4.78, 5) is 21.1. The van der Waals surface area contributed by atoms with Crippen LogP contribution in [0.5, 0.6) is 0 Å². The number of aliphatic imine (C=N–C) groups is 1. The number of carbonyl (C=O) groups is 1. The minimum atomic E-state index is 0. The predicted molar refractivity (Wildman–Crippen MR) is 136 cm³/mol. The summed E-state index contributed by atoms with van der Waals surface area (Å²) in [6.45, 7) is 12.3. The van der Waals surface area contributed by atoms with Gasteiger partial charge in [0.2, 0.25) is 5.91 Å². The Bertz CT molecular complexity index is 691. The number of carbonyl (C=O) groups excluding carboxylic acids is 1. The molecule has 1 amide bonds. The summed E-state index contributed by atoms with van der Waals surface area (Å²) < 4.78 is 0. The van der Waals surface area contributed by atoms with Crippen LogP contribution in [-0.4, -0.2) is 55.5 Å². The van der Waals surface area contributed by atoms with Gasteiger partial charge in [0.25, 0.3) is 0 Å². The third-order valence-electron chi connectivity index (χ3n) is 5.92. The molecule has 7 heteroatoms. The van der Waals surface area contributed by atoms with E-state index in [-0.39, 0.29) is 29.9 Å². The van der Waals surface area contributed by atoms with E-state index in [0.29, 0.717) is 24.9 Å². The maximum absolute atomic E-state index is 11.9. The molecule has 30 heavy (non-hydrogen) atoms. The molecule has 2 N–H and O–H groups in total. The Morgan fingerprint density at radius 3 is 2.57 bits per heavy atom. The van der Waals surface area contributed by atoms with E-state index in [1.54, 1.807) is 0 Å². The van der Waals surface area contributed by atoms with Gasteiger partial charge in [0, 0.05) is 44.3 Å². The summed E-state index contributed by atoms with van der Waals surface area (Å²) in [5.41, 5.74) is 2.15. The summed E-state index contributed by atoms with van der Waals surface area (Å²) in [5.74, 6) is 1.79. The summed E-state index contributed by atoms with van der Waals surface area (Å²) in [7, 11) is 0. The van der Waals surface area contributed by atoms with Gasteiger partial charge in [-0.05, 0) is 70.2 Å². The summed E-state index contributed by atoms with van der Waals surface area (Å²) in [6.07, 6.45) is 4.19. The summed E-state index contributed by atoms with van der Waals surface area (Å²) in [5, 5.41) is 6.90. The van der Waals surface area contributed by atoms with Gasteiger partial charge in [0.15, 0.2) is 5.96 Å². The van der Waals surface area contributed by atoms with Gasteiger partial charge in [0.05, 0.1) is 6.54 Å². The molecule has 168 valence electrons. The molecule has 0 spiro atoms. The van der Waals surface area contributed by atoms with E-state index in [4.69, 9.17) is 4.99 Å². The minimum Gasteiger partial charge on any atom is -0.357 e. The van der Waals surface area contributed by atoms with E-state index in [2.05, 4.69) is 48.4 Å². The number of hydrogen-bond donors (Lipinski definition) is 2. The third-order valence-corrected chi connectivity index (χ3v) is 5.92. The number of anilines is 1. The first-order chi connectivity index (χ1) is 14.1. The number of benzene rings is 1. The molecule has 3 rings (SSSR count). The van der Waals surface area contributed by atoms with E-state index in [0.717, 1.165) is 43.3 Å². The lowest BCUT2D eigenvalue weighted by molar-refractivity contribution is -0.117. The molecule has 1 aromatic rings. The molecule has 0 saturated carbocycles. The largest absolute Gasteiger partial charge is 0.357 e. The molecule has 2 heterocycles. The summed E-state index contributed by atoms with van der Waals surface area (Å²) in [6, 6.07) is 8.86. The van der Waals surface area contributed by atoms with Gasteiger partial charge in [-0.1, -0.05) is 12.1 Å². The van der Waals surface area contributed by atoms with E-state index >= 15 is 0 Å². The van der Waals surface area contributed by atoms with Crippen LogP contribution in [-0.2, 0) is 11.3 Å². The van der Waals surface area contributed by atoms with Crippen molar-refractivity contribution >= 4 is 41.5 Å². The van der Waals surface area contributed by atoms with Crippen LogP contribution in [0.3, 0.4) is 0 Å². The zero-order chi connectivity index (χ0) is 20.6. The van der Waals surface area contributed by atoms with Crippen molar-refractivity contribution in [3.63, 3.8) is 0 Å². The second kappa shape index (κ2) is 12.5. The standard InChI is InChI=1S/C23H37N5O.HI/c1-4-24-23(26-16-20-7-5-13-27(17-20)18(2)3)25-15-19-9-11-21(12-10-19)28-14-6-8-22(28)29;/h9-12,18,20H,4-8,13-17H2,1-3H3,(H2,24,25,26);1H. The minimum absolute atomic E-state index is 0. The van der Waals surface area contributed by atoms with E-state index in [1.165, 1.54) is 25.9 Å². The number of likely N-dealkylation sites (tertiary alicyclic amines) is 1. The maximum Gasteiger partial charge on any atom is 0.227 e. The van der Waals surface area contributed by atoms with Crippen LogP contribution in [0.1, 0.15) is 52.0 Å². The smallest absolute Gasteiger partial charge is 0.227 e. The molecule has 0 bridgehead atoms. The van der Waals surface area contributed by atoms with Crippen LogP contribution in [0.2, 0.25) is 0 Å². The number of amides is 1. The van der Waals surface area contributed by atoms with Crippen molar-refractivity contribution in [1.29, 1.82) is 0 Å². The van der Waals surface area contributed by atoms with Crippen molar-refractivity contribution in [2.75, 3.05) is 37.6 Å². The monoisotopic (exact) mass is 527 g/mol. The van der Waals surface area contributed by atoms with Crippen LogP contribution >= 0.6 is 24.0 Å². The van der Waals surface area contributed by atoms with Crippen molar-refractivity contribution in [1.82, 2.24) is 15.5 Å². The van der Waals surface area contributed by atoms with Crippen LogP contribution in [0.25, 0.3) is 0 Å². The zero-order valence-electron chi connectivity index (χ0n) is 18.7. The van der Waals surface area contributed by atoms with E-state index < -0.39 is 0 Å². The van der Waals surface area contributed by atoms with Crippen molar-refractivity contribution in [3.05, 3.63) is 29.8 Å². The molecule has 6 nitrogen and oxygen atoms in total. The summed E-state index contributed by atoms with van der Waals surface area (Å²) >= 11 is 0. The molecular formula is C23H38IN5O. The Kier molecular flexibility index (Phi) is 10.4. The number of hydrogen-bond acceptors (Lipinski definition) is 3. The normalized spacial score (nSPS) is 20.4. The van der Waals surface area contributed by atoms with Crippen LogP contribution in [0.4, 0.5) is 5.69 Å². The van der Waals surface area contributed by atoms with Crippen LogP contribution in [0, 0.1) is 5.92 Å². The molecule has 2 aliphatic rings. The first-order valence-electron chi connectivity index (χ1n) is 11.2. The lowest BCUT2D eigenvalue weighted by Crippen LogP contribution is -2.46. The predicted octanol–water partition coefficient (Wildman–Crippen LogP) is 3.61. The molecule has 0 radical (unpaired) electrons. The topological polar surface area (TPSA) is 60.0 Å². The quantitative estimate of drug-likeness (QED) is 0.323. The highest BCUT2D eigenvalue weighted by Gasteiger charge is 2.22. The van der Waals surface area contributed by atoms with Crippen molar-refractivity contribution in [3.8, 4) is 0 Å². The SMILES string of the molecule is CCNC(=NCc1ccc(N2CCCC2=O)cc1)NCC1CCCN(C(C)C)C1.I. The Morgan fingerprint density at radius 1 is 1.17 bits per heavy atom. The van der Waals surface area contributed by atoms with Crippen molar-refractivity contribution in [2.24, 2.45) is 10.9 Å². The highest BCUT2D eigenvalue weighted by molar-refractivity contribution is 14.0. The average molecular weight is 527 g/mol. The number of halogens is 1. The third kappa shape index (κ3) is 7.11. The van der Waals surface area contributed by atoms with Crippen LogP contribution < -0.4 is 15.5 Å². The van der Waals surface area contributed by atoms with Crippen molar-refractivity contribution in [2.45, 2.75) is 59.0 Å². The number of nitrogens with one attached hydrogen (secondary N) is 2. The van der Waals surface area contributed by atoms with Gasteiger partial charge in [-0.15, -0.1) is 24.0 Å². The van der Waals surface area contributed by atoms with Gasteiger partial charge in [-0.2, -0.15) is 0 Å². The Morgan fingerprint density at radius 2 is 1.93 bits per heavy atom. The number of rotatable bonds is 7. The molecule has 2 saturated heterocycles. The Balaban J connectivity index is 0.00000320. The fourth-order valence-corrected chi connectivity index (χ4v) is 4.19. The fourth-order valence-electron chi connectivity index (χ4n) is 4.19. The van der Waals surface area contributed by atoms with Crippen LogP contribution in [0.15, 0.2) is 29.3 Å². The lowest BCUT2D eigenvalue weighted by Gasteiger charge is -2.35. The number of guanidine groups is 1. The van der Waals surface area contributed by atoms with E-state index in [1.807, 2.05) is 17.0 Å². The zero-order valence-corrected chi connectivity index (χ0v) is 21.0. The molecule has 2 aliphatic heterocycles. The lowest BCUT2D eigenvalue weighted by atomic mass is 9.97. The van der Waals surface area contributed by atoms with Gasteiger partial charge >= 0.3 is 0 Å². The van der Waals surface area contributed by atoms with Gasteiger partial charge in [-0.3, -0.25) is 4.79 Å². The first-order valence-corrected chi connectivity index (χ1v) is 11.2. The second-order valence-corrected chi connectivity index (χ2v) is 8.49. The molecule has 1 atom stereocenters. The molecule has 1 unspecified atom stereocenters. The molecule has 1 aromatic carbocycles. The Hall–Kier alpha value is -1.35. The number of piperidine rings is 1. The van der Waals surface area contributed by atoms with Gasteiger partial charge < -0.3 is 20.4 Å².